The van der Waals surface area contributed by atoms with Crippen molar-refractivity contribution in [1.82, 2.24) is 0 Å². The summed E-state index contributed by atoms with van der Waals surface area (Å²) in [7, 11) is 0. The zero-order valence-corrected chi connectivity index (χ0v) is 13.8. The van der Waals surface area contributed by atoms with Crippen LogP contribution in [0.25, 0.3) is 0 Å². The van der Waals surface area contributed by atoms with Gasteiger partial charge < -0.3 is 14.7 Å². The lowest BCUT2D eigenvalue weighted by Gasteiger charge is -2.23. The van der Waals surface area contributed by atoms with Gasteiger partial charge in [-0.1, -0.05) is 0 Å². The summed E-state index contributed by atoms with van der Waals surface area (Å²) in [6, 6.07) is 4.87. The first kappa shape index (κ1) is 17.8. The molecule has 0 aliphatic rings. The van der Waals surface area contributed by atoms with Crippen LogP contribution in [0.1, 0.15) is 45.0 Å². The molecule has 1 amide bonds. The molecular formula is C16H24N2O4. The van der Waals surface area contributed by atoms with E-state index >= 15 is 0 Å². The molecular weight excluding hydrogens is 284 g/mol. The number of hydrogen-bond donors (Lipinski definition) is 2. The van der Waals surface area contributed by atoms with Crippen LogP contribution in [0.2, 0.25) is 0 Å². The van der Waals surface area contributed by atoms with Crippen molar-refractivity contribution in [2.24, 2.45) is 0 Å². The lowest BCUT2D eigenvalue weighted by molar-refractivity contribution is 0.0636. The lowest BCUT2D eigenvalue weighted by atomic mass is 10.1. The number of benzene rings is 1. The number of carboxylic acids is 1. The molecule has 0 heterocycles. The maximum Gasteiger partial charge on any atom is 0.412 e. The summed E-state index contributed by atoms with van der Waals surface area (Å²) in [4.78, 5) is 25.2. The zero-order valence-electron chi connectivity index (χ0n) is 13.8. The fourth-order valence-corrected chi connectivity index (χ4v) is 2.02. The normalized spacial score (nSPS) is 11.0. The fourth-order valence-electron chi connectivity index (χ4n) is 2.02. The van der Waals surface area contributed by atoms with Crippen molar-refractivity contribution in [3.63, 3.8) is 0 Å². The first-order valence-electron chi connectivity index (χ1n) is 7.30. The van der Waals surface area contributed by atoms with Crippen LogP contribution in [0.5, 0.6) is 0 Å². The summed E-state index contributed by atoms with van der Waals surface area (Å²) in [6.45, 7) is 10.8. The molecule has 1 rings (SSSR count). The SMILES string of the molecule is CCN(CC)c1ccc(C(=O)O)c(NC(=O)OC(C)(C)C)c1. The molecule has 0 fully saturated rings. The van der Waals surface area contributed by atoms with Crippen molar-refractivity contribution < 1.29 is 19.4 Å². The van der Waals surface area contributed by atoms with E-state index in [2.05, 4.69) is 10.2 Å². The largest absolute Gasteiger partial charge is 0.478 e. The van der Waals surface area contributed by atoms with Crippen molar-refractivity contribution in [1.29, 1.82) is 0 Å². The quantitative estimate of drug-likeness (QED) is 0.869. The van der Waals surface area contributed by atoms with Crippen molar-refractivity contribution in [3.8, 4) is 0 Å². The Balaban J connectivity index is 3.10. The monoisotopic (exact) mass is 308 g/mol. The van der Waals surface area contributed by atoms with Crippen LogP contribution in [0.4, 0.5) is 16.2 Å². The number of rotatable bonds is 5. The number of nitrogens with zero attached hydrogens (tertiary/aromatic N) is 1. The predicted molar refractivity (Wildman–Crippen MR) is 86.8 cm³/mol. The summed E-state index contributed by atoms with van der Waals surface area (Å²) in [5.74, 6) is -1.10. The predicted octanol–water partition coefficient (Wildman–Crippen LogP) is 3.58. The van der Waals surface area contributed by atoms with Gasteiger partial charge >= 0.3 is 12.1 Å². The third kappa shape index (κ3) is 4.95. The number of anilines is 2. The highest BCUT2D eigenvalue weighted by Crippen LogP contribution is 2.24. The van der Waals surface area contributed by atoms with Gasteiger partial charge in [-0.3, -0.25) is 5.32 Å². The summed E-state index contributed by atoms with van der Waals surface area (Å²) in [5, 5.41) is 11.8. The molecule has 122 valence electrons. The molecule has 2 N–H and O–H groups in total. The van der Waals surface area contributed by atoms with Gasteiger partial charge in [0.05, 0.1) is 11.3 Å². The van der Waals surface area contributed by atoms with E-state index in [1.54, 1.807) is 32.9 Å². The van der Waals surface area contributed by atoms with Gasteiger partial charge in [0.2, 0.25) is 0 Å². The van der Waals surface area contributed by atoms with E-state index in [1.807, 2.05) is 13.8 Å². The zero-order chi connectivity index (χ0) is 16.9. The van der Waals surface area contributed by atoms with Crippen LogP contribution in [0.15, 0.2) is 18.2 Å². The highest BCUT2D eigenvalue weighted by molar-refractivity contribution is 5.99. The van der Waals surface area contributed by atoms with E-state index in [0.29, 0.717) is 0 Å². The Labute approximate surface area is 131 Å². The van der Waals surface area contributed by atoms with Crippen molar-refractivity contribution >= 4 is 23.4 Å². The first-order chi connectivity index (χ1) is 10.2. The number of carbonyl (C=O) groups excluding carboxylic acids is 1. The van der Waals surface area contributed by atoms with Gasteiger partial charge in [0.15, 0.2) is 0 Å². The van der Waals surface area contributed by atoms with Crippen molar-refractivity contribution in [3.05, 3.63) is 23.8 Å². The van der Waals surface area contributed by atoms with E-state index in [9.17, 15) is 14.7 Å². The minimum absolute atomic E-state index is 0.0294. The fraction of sp³-hybridized carbons (Fsp3) is 0.500. The van der Waals surface area contributed by atoms with Crippen molar-refractivity contribution in [2.45, 2.75) is 40.2 Å². The molecule has 0 saturated heterocycles. The van der Waals surface area contributed by atoms with E-state index in [4.69, 9.17) is 4.74 Å². The van der Waals surface area contributed by atoms with E-state index in [1.165, 1.54) is 6.07 Å². The van der Waals surface area contributed by atoms with E-state index in [0.717, 1.165) is 18.8 Å². The Morgan fingerprint density at radius 2 is 1.82 bits per heavy atom. The Kier molecular flexibility index (Phi) is 5.79. The number of aromatic carboxylic acids is 1. The van der Waals surface area contributed by atoms with Crippen LogP contribution in [-0.4, -0.2) is 35.9 Å². The molecule has 0 aromatic heterocycles. The molecule has 6 heteroatoms. The number of carboxylic acid groups (broad SMARTS) is 1. The second-order valence-corrected chi connectivity index (χ2v) is 5.83. The number of amides is 1. The van der Waals surface area contributed by atoms with Gasteiger partial charge in [-0.2, -0.15) is 0 Å². The third-order valence-corrected chi connectivity index (χ3v) is 3.00. The van der Waals surface area contributed by atoms with E-state index in [-0.39, 0.29) is 11.3 Å². The van der Waals surface area contributed by atoms with Crippen LogP contribution >= 0.6 is 0 Å². The molecule has 0 aliphatic heterocycles. The maximum absolute atomic E-state index is 11.9. The Morgan fingerprint density at radius 3 is 2.27 bits per heavy atom. The average Bonchev–Trinajstić information content (AvgIpc) is 2.37. The summed E-state index contributed by atoms with van der Waals surface area (Å²) in [6.07, 6.45) is -0.674. The minimum atomic E-state index is -1.10. The van der Waals surface area contributed by atoms with Gasteiger partial charge in [0.25, 0.3) is 0 Å². The average molecular weight is 308 g/mol. The molecule has 0 aliphatic carbocycles. The summed E-state index contributed by atoms with van der Waals surface area (Å²) < 4.78 is 5.17. The maximum atomic E-state index is 11.9. The topological polar surface area (TPSA) is 78.9 Å². The smallest absolute Gasteiger partial charge is 0.412 e. The number of nitrogens with one attached hydrogen (secondary N) is 1. The Bertz CT molecular complexity index is 546. The summed E-state index contributed by atoms with van der Waals surface area (Å²) in [5.41, 5.74) is 0.457. The third-order valence-electron chi connectivity index (χ3n) is 3.00. The van der Waals surface area contributed by atoms with Gasteiger partial charge in [-0.25, -0.2) is 9.59 Å². The van der Waals surface area contributed by atoms with Crippen LogP contribution in [-0.2, 0) is 4.74 Å². The molecule has 0 bridgehead atoms. The molecule has 0 atom stereocenters. The molecule has 0 unspecified atom stereocenters. The molecule has 0 spiro atoms. The van der Waals surface area contributed by atoms with Crippen LogP contribution in [0, 0.1) is 0 Å². The number of hydrogen-bond acceptors (Lipinski definition) is 4. The standard InChI is InChI=1S/C16H24N2O4/c1-6-18(7-2)11-8-9-12(14(19)20)13(10-11)17-15(21)22-16(3,4)5/h8-10H,6-7H2,1-5H3,(H,17,21)(H,19,20). The lowest BCUT2D eigenvalue weighted by Crippen LogP contribution is -2.28. The van der Waals surface area contributed by atoms with Gasteiger partial charge in [0.1, 0.15) is 5.60 Å². The Morgan fingerprint density at radius 1 is 1.23 bits per heavy atom. The second-order valence-electron chi connectivity index (χ2n) is 5.83. The molecule has 0 radical (unpaired) electrons. The second kappa shape index (κ2) is 7.15. The van der Waals surface area contributed by atoms with Gasteiger partial charge in [0, 0.05) is 18.8 Å². The van der Waals surface area contributed by atoms with Gasteiger partial charge in [-0.05, 0) is 52.8 Å². The molecule has 0 saturated carbocycles. The first-order valence-corrected chi connectivity index (χ1v) is 7.30. The number of carbonyl (C=O) groups is 2. The van der Waals surface area contributed by atoms with Crippen LogP contribution < -0.4 is 10.2 Å². The molecule has 1 aromatic carbocycles. The molecule has 6 nitrogen and oxygen atoms in total. The molecule has 22 heavy (non-hydrogen) atoms. The van der Waals surface area contributed by atoms with E-state index < -0.39 is 17.7 Å². The number of ether oxygens (including phenoxy) is 1. The highest BCUT2D eigenvalue weighted by Gasteiger charge is 2.19. The van der Waals surface area contributed by atoms with Crippen molar-refractivity contribution in [2.75, 3.05) is 23.3 Å². The Hall–Kier alpha value is -2.24. The minimum Gasteiger partial charge on any atom is -0.478 e. The highest BCUT2D eigenvalue weighted by atomic mass is 16.6. The molecule has 1 aromatic rings. The summed E-state index contributed by atoms with van der Waals surface area (Å²) >= 11 is 0. The van der Waals surface area contributed by atoms with Gasteiger partial charge in [-0.15, -0.1) is 0 Å². The van der Waals surface area contributed by atoms with Crippen LogP contribution in [0.3, 0.4) is 0 Å².